The predicted molar refractivity (Wildman–Crippen MR) is 116 cm³/mol. The molecule has 2 aromatic carbocycles. The van der Waals surface area contributed by atoms with Crippen LogP contribution in [0.4, 0.5) is 8.78 Å². The molecule has 166 valence electrons. The molecule has 6 nitrogen and oxygen atoms in total. The van der Waals surface area contributed by atoms with Gasteiger partial charge in [0.25, 0.3) is 0 Å². The third kappa shape index (κ3) is 5.93. The Balaban J connectivity index is 1.70. The largest absolute Gasteiger partial charge is 0.497 e. The first-order valence-electron chi connectivity index (χ1n) is 10.1. The van der Waals surface area contributed by atoms with Gasteiger partial charge >= 0.3 is 0 Å². The van der Waals surface area contributed by atoms with Crippen LogP contribution in [-0.2, 0) is 16.8 Å². The number of amides is 1. The smallest absolute Gasteiger partial charge is 0.241 e. The summed E-state index contributed by atoms with van der Waals surface area (Å²) in [5, 5.41) is 6.27. The molecule has 0 saturated heterocycles. The SMILES string of the molecule is COc1ccc(CN=C(NCC(=O)N(C)C)NCC2(c3ccc(F)cc3F)CC2)cc1. The van der Waals surface area contributed by atoms with Crippen molar-refractivity contribution >= 4 is 11.9 Å². The van der Waals surface area contributed by atoms with Crippen LogP contribution in [0.25, 0.3) is 0 Å². The van der Waals surface area contributed by atoms with E-state index < -0.39 is 17.0 Å². The highest BCUT2D eigenvalue weighted by atomic mass is 19.1. The van der Waals surface area contributed by atoms with E-state index in [1.54, 1.807) is 21.2 Å². The number of halogens is 2. The van der Waals surface area contributed by atoms with Crippen LogP contribution in [0, 0.1) is 11.6 Å². The number of hydrogen-bond donors (Lipinski definition) is 2. The minimum atomic E-state index is -0.587. The van der Waals surface area contributed by atoms with Crippen LogP contribution in [0.15, 0.2) is 47.5 Å². The highest BCUT2D eigenvalue weighted by Gasteiger charge is 2.46. The molecule has 1 amide bonds. The van der Waals surface area contributed by atoms with Crippen LogP contribution in [0.1, 0.15) is 24.0 Å². The van der Waals surface area contributed by atoms with Gasteiger partial charge < -0.3 is 20.3 Å². The van der Waals surface area contributed by atoms with Crippen LogP contribution >= 0.6 is 0 Å². The maximum atomic E-state index is 14.3. The van der Waals surface area contributed by atoms with Crippen molar-refractivity contribution in [1.29, 1.82) is 0 Å². The first-order chi connectivity index (χ1) is 14.8. The lowest BCUT2D eigenvalue weighted by Gasteiger charge is -2.20. The van der Waals surface area contributed by atoms with E-state index in [1.165, 1.54) is 17.0 Å². The van der Waals surface area contributed by atoms with E-state index in [1.807, 2.05) is 24.3 Å². The molecule has 8 heteroatoms. The van der Waals surface area contributed by atoms with Gasteiger partial charge in [-0.2, -0.15) is 0 Å². The Kier molecular flexibility index (Phi) is 7.09. The summed E-state index contributed by atoms with van der Waals surface area (Å²) in [5.74, 6) is 0.00430. The first-order valence-corrected chi connectivity index (χ1v) is 10.1. The summed E-state index contributed by atoms with van der Waals surface area (Å²) < 4.78 is 32.8. The summed E-state index contributed by atoms with van der Waals surface area (Å²) in [4.78, 5) is 18.0. The highest BCUT2D eigenvalue weighted by molar-refractivity contribution is 5.86. The quantitative estimate of drug-likeness (QED) is 0.499. The minimum Gasteiger partial charge on any atom is -0.497 e. The van der Waals surface area contributed by atoms with Crippen LogP contribution < -0.4 is 15.4 Å². The minimum absolute atomic E-state index is 0.0827. The number of nitrogens with zero attached hydrogens (tertiary/aromatic N) is 2. The highest BCUT2D eigenvalue weighted by Crippen LogP contribution is 2.48. The molecule has 31 heavy (non-hydrogen) atoms. The van der Waals surface area contributed by atoms with Crippen molar-refractivity contribution in [2.45, 2.75) is 24.8 Å². The van der Waals surface area contributed by atoms with E-state index in [-0.39, 0.29) is 12.5 Å². The monoisotopic (exact) mass is 430 g/mol. The molecule has 0 heterocycles. The maximum absolute atomic E-state index is 14.3. The van der Waals surface area contributed by atoms with Gasteiger partial charge in [0, 0.05) is 32.1 Å². The van der Waals surface area contributed by atoms with E-state index in [9.17, 15) is 13.6 Å². The molecule has 1 aliphatic carbocycles. The summed E-state index contributed by atoms with van der Waals surface area (Å²) >= 11 is 0. The molecule has 0 atom stereocenters. The molecule has 0 aliphatic heterocycles. The average Bonchev–Trinajstić information content (AvgIpc) is 3.53. The number of guanidine groups is 1. The normalized spacial score (nSPS) is 14.7. The summed E-state index contributed by atoms with van der Waals surface area (Å²) in [5.41, 5.74) is 1.08. The van der Waals surface area contributed by atoms with Gasteiger partial charge in [0.2, 0.25) is 5.91 Å². The fourth-order valence-corrected chi connectivity index (χ4v) is 3.26. The Morgan fingerprint density at radius 1 is 1.13 bits per heavy atom. The number of ether oxygens (including phenoxy) is 1. The van der Waals surface area contributed by atoms with Crippen LogP contribution in [0.3, 0.4) is 0 Å². The lowest BCUT2D eigenvalue weighted by atomic mass is 9.95. The first kappa shape index (κ1) is 22.5. The Hall–Kier alpha value is -3.16. The van der Waals surface area contributed by atoms with Gasteiger partial charge in [-0.25, -0.2) is 13.8 Å². The van der Waals surface area contributed by atoms with E-state index in [0.717, 1.165) is 30.2 Å². The molecule has 2 aromatic rings. The van der Waals surface area contributed by atoms with E-state index in [0.29, 0.717) is 24.6 Å². The summed E-state index contributed by atoms with van der Waals surface area (Å²) in [6, 6.07) is 11.3. The molecule has 0 aromatic heterocycles. The van der Waals surface area contributed by atoms with Gasteiger partial charge in [-0.15, -0.1) is 0 Å². The summed E-state index contributed by atoms with van der Waals surface area (Å²) in [7, 11) is 4.97. The lowest BCUT2D eigenvalue weighted by Crippen LogP contribution is -2.45. The van der Waals surface area contributed by atoms with Crippen LogP contribution in [-0.4, -0.2) is 51.1 Å². The number of nitrogens with one attached hydrogen (secondary N) is 2. The Bertz CT molecular complexity index is 941. The van der Waals surface area contributed by atoms with Gasteiger partial charge in [-0.3, -0.25) is 4.79 Å². The molecular formula is C23H28F2N4O2. The van der Waals surface area contributed by atoms with Crippen LogP contribution in [0.5, 0.6) is 5.75 Å². The van der Waals surface area contributed by atoms with Crippen molar-refractivity contribution in [3.63, 3.8) is 0 Å². The molecule has 1 fully saturated rings. The molecule has 0 bridgehead atoms. The summed E-state index contributed by atoms with van der Waals surface area (Å²) in [6.45, 7) is 0.910. The molecule has 0 unspecified atom stereocenters. The Labute approximate surface area is 181 Å². The topological polar surface area (TPSA) is 66.0 Å². The second kappa shape index (κ2) is 9.76. The van der Waals surface area contributed by atoms with Gasteiger partial charge in [-0.05, 0) is 42.2 Å². The fourth-order valence-electron chi connectivity index (χ4n) is 3.26. The number of benzene rings is 2. The average molecular weight is 430 g/mol. The van der Waals surface area contributed by atoms with Gasteiger partial charge in [0.15, 0.2) is 5.96 Å². The Morgan fingerprint density at radius 3 is 2.42 bits per heavy atom. The Morgan fingerprint density at radius 2 is 1.84 bits per heavy atom. The van der Waals surface area contributed by atoms with E-state index in [2.05, 4.69) is 15.6 Å². The molecule has 1 saturated carbocycles. The molecule has 1 aliphatic rings. The van der Waals surface area contributed by atoms with Gasteiger partial charge in [0.05, 0.1) is 20.2 Å². The number of carbonyl (C=O) groups excluding carboxylic acids is 1. The summed E-state index contributed by atoms with van der Waals surface area (Å²) in [6.07, 6.45) is 1.59. The van der Waals surface area contributed by atoms with Gasteiger partial charge in [0.1, 0.15) is 17.4 Å². The second-order valence-electron chi connectivity index (χ2n) is 7.91. The fraction of sp³-hybridized carbons (Fsp3) is 0.391. The zero-order valence-corrected chi connectivity index (χ0v) is 18.0. The molecule has 3 rings (SSSR count). The molecule has 2 N–H and O–H groups in total. The van der Waals surface area contributed by atoms with Crippen molar-refractivity contribution in [3.8, 4) is 5.75 Å². The van der Waals surface area contributed by atoms with Crippen molar-refractivity contribution < 1.29 is 18.3 Å². The van der Waals surface area contributed by atoms with Crippen LogP contribution in [0.2, 0.25) is 0 Å². The zero-order chi connectivity index (χ0) is 22.4. The standard InChI is InChI=1S/C23H28F2N4O2/c1-29(2)21(30)14-27-22(26-13-16-4-7-18(31-3)8-5-16)28-15-23(10-11-23)19-9-6-17(24)12-20(19)25/h4-9,12H,10-11,13-15H2,1-3H3,(H2,26,27,28). The molecule has 0 spiro atoms. The van der Waals surface area contributed by atoms with Crippen molar-refractivity contribution in [1.82, 2.24) is 15.5 Å². The zero-order valence-electron chi connectivity index (χ0n) is 18.0. The predicted octanol–water partition coefficient (Wildman–Crippen LogP) is 2.83. The number of likely N-dealkylation sites (N-methyl/N-ethyl adjacent to an activating group) is 1. The van der Waals surface area contributed by atoms with Crippen molar-refractivity contribution in [2.24, 2.45) is 4.99 Å². The van der Waals surface area contributed by atoms with Crippen molar-refractivity contribution in [2.75, 3.05) is 34.3 Å². The number of rotatable bonds is 8. The second-order valence-corrected chi connectivity index (χ2v) is 7.91. The molecular weight excluding hydrogens is 402 g/mol. The van der Waals surface area contributed by atoms with Crippen molar-refractivity contribution in [3.05, 3.63) is 65.2 Å². The van der Waals surface area contributed by atoms with E-state index >= 15 is 0 Å². The number of carbonyl (C=O) groups is 1. The van der Waals surface area contributed by atoms with E-state index in [4.69, 9.17) is 4.74 Å². The lowest BCUT2D eigenvalue weighted by molar-refractivity contribution is -0.127. The maximum Gasteiger partial charge on any atom is 0.241 e. The number of hydrogen-bond acceptors (Lipinski definition) is 3. The number of aliphatic imine (C=N–C) groups is 1. The molecule has 0 radical (unpaired) electrons. The third-order valence-corrected chi connectivity index (χ3v) is 5.43. The third-order valence-electron chi connectivity index (χ3n) is 5.43. The number of methoxy groups -OCH3 is 1. The van der Waals surface area contributed by atoms with Gasteiger partial charge in [-0.1, -0.05) is 18.2 Å².